The first kappa shape index (κ1) is 16.1. The topological polar surface area (TPSA) is 12.9 Å². The molecule has 0 saturated carbocycles. The predicted molar refractivity (Wildman–Crippen MR) is 96.8 cm³/mol. The van der Waals surface area contributed by atoms with Gasteiger partial charge in [-0.1, -0.05) is 45.9 Å². The van der Waals surface area contributed by atoms with Crippen LogP contribution in [0.2, 0.25) is 0 Å². The number of thiazole rings is 1. The molecule has 3 heteroatoms. The summed E-state index contributed by atoms with van der Waals surface area (Å²) in [7, 11) is 0. The minimum Gasteiger partial charge on any atom is -0.245 e. The van der Waals surface area contributed by atoms with Gasteiger partial charge in [0.05, 0.1) is 15.7 Å². The predicted octanol–water partition coefficient (Wildman–Crippen LogP) is 6.08. The molecular weight excluding hydrogens is 305 g/mol. The summed E-state index contributed by atoms with van der Waals surface area (Å²) in [6.45, 7) is 8.46. The first-order chi connectivity index (χ1) is 10.9. The van der Waals surface area contributed by atoms with Crippen molar-refractivity contribution in [3.8, 4) is 0 Å². The van der Waals surface area contributed by atoms with Gasteiger partial charge < -0.3 is 0 Å². The quantitative estimate of drug-likeness (QED) is 0.566. The van der Waals surface area contributed by atoms with Gasteiger partial charge >= 0.3 is 0 Å². The molecule has 0 aliphatic rings. The number of hydrogen-bond donors (Lipinski definition) is 0. The standard InChI is InChI=1S/C20H22FNS/c1-13(2)16-7-5-14(9-17(16)21)11-20(3,4)15-6-8-18-19(10-15)23-12-22-18/h5-10,12-13H,11H2,1-4H3. The van der Waals surface area contributed by atoms with E-state index >= 15 is 0 Å². The van der Waals surface area contributed by atoms with Crippen LogP contribution < -0.4 is 0 Å². The SMILES string of the molecule is CC(C)c1ccc(CC(C)(C)c2ccc3ncsc3c2)cc1F. The van der Waals surface area contributed by atoms with Crippen LogP contribution in [0, 0.1) is 5.82 Å². The molecule has 0 N–H and O–H groups in total. The first-order valence-corrected chi connectivity index (χ1v) is 8.87. The fraction of sp³-hybridized carbons (Fsp3) is 0.350. The molecule has 0 atom stereocenters. The zero-order valence-corrected chi connectivity index (χ0v) is 14.9. The number of aromatic nitrogens is 1. The third kappa shape index (κ3) is 3.30. The number of benzene rings is 2. The molecule has 0 fully saturated rings. The summed E-state index contributed by atoms with van der Waals surface area (Å²) < 4.78 is 15.4. The number of hydrogen-bond acceptors (Lipinski definition) is 2. The normalized spacial score (nSPS) is 12.3. The molecule has 0 radical (unpaired) electrons. The van der Waals surface area contributed by atoms with E-state index in [9.17, 15) is 4.39 Å². The Bertz CT molecular complexity index is 833. The van der Waals surface area contributed by atoms with Crippen LogP contribution in [0.15, 0.2) is 41.9 Å². The Labute approximate surface area is 141 Å². The van der Waals surface area contributed by atoms with E-state index in [2.05, 4.69) is 43.1 Å². The molecule has 0 amide bonds. The van der Waals surface area contributed by atoms with Gasteiger partial charge in [0.2, 0.25) is 0 Å². The number of rotatable bonds is 4. The molecule has 1 heterocycles. The summed E-state index contributed by atoms with van der Waals surface area (Å²) in [6.07, 6.45) is 0.812. The van der Waals surface area contributed by atoms with Gasteiger partial charge in [0.1, 0.15) is 5.82 Å². The third-order valence-corrected chi connectivity index (χ3v) is 5.24. The smallest absolute Gasteiger partial charge is 0.126 e. The van der Waals surface area contributed by atoms with Crippen LogP contribution in [0.4, 0.5) is 4.39 Å². The van der Waals surface area contributed by atoms with Crippen LogP contribution >= 0.6 is 11.3 Å². The molecule has 2 aromatic carbocycles. The minimum atomic E-state index is -0.0915. The van der Waals surface area contributed by atoms with Crippen molar-refractivity contribution in [1.29, 1.82) is 0 Å². The van der Waals surface area contributed by atoms with E-state index in [1.165, 1.54) is 10.3 Å². The maximum atomic E-state index is 14.2. The van der Waals surface area contributed by atoms with E-state index in [0.717, 1.165) is 23.1 Å². The molecule has 3 aromatic rings. The molecule has 0 spiro atoms. The van der Waals surface area contributed by atoms with Crippen molar-refractivity contribution in [2.45, 2.75) is 45.4 Å². The highest BCUT2D eigenvalue weighted by Gasteiger charge is 2.22. The molecule has 0 bridgehead atoms. The summed E-state index contributed by atoms with van der Waals surface area (Å²) in [4.78, 5) is 4.33. The first-order valence-electron chi connectivity index (χ1n) is 7.99. The van der Waals surface area contributed by atoms with Gasteiger partial charge in [0.25, 0.3) is 0 Å². The minimum absolute atomic E-state index is 0.0516. The van der Waals surface area contributed by atoms with Gasteiger partial charge in [-0.15, -0.1) is 11.3 Å². The van der Waals surface area contributed by atoms with Crippen molar-refractivity contribution >= 4 is 21.6 Å². The van der Waals surface area contributed by atoms with Gasteiger partial charge in [0, 0.05) is 0 Å². The van der Waals surface area contributed by atoms with E-state index in [0.29, 0.717) is 0 Å². The van der Waals surface area contributed by atoms with Crippen molar-refractivity contribution in [3.63, 3.8) is 0 Å². The van der Waals surface area contributed by atoms with Crippen molar-refractivity contribution < 1.29 is 4.39 Å². The zero-order chi connectivity index (χ0) is 16.6. The van der Waals surface area contributed by atoms with Crippen molar-refractivity contribution in [1.82, 2.24) is 4.98 Å². The highest BCUT2D eigenvalue weighted by molar-refractivity contribution is 7.16. The van der Waals surface area contributed by atoms with E-state index in [4.69, 9.17) is 0 Å². The fourth-order valence-electron chi connectivity index (χ4n) is 3.04. The van der Waals surface area contributed by atoms with Gasteiger partial charge in [-0.25, -0.2) is 9.37 Å². The molecule has 3 rings (SSSR count). The van der Waals surface area contributed by atoms with Crippen molar-refractivity contribution in [2.75, 3.05) is 0 Å². The van der Waals surface area contributed by atoms with E-state index in [-0.39, 0.29) is 17.2 Å². The summed E-state index contributed by atoms with van der Waals surface area (Å²) in [5, 5.41) is 0. The molecule has 1 aromatic heterocycles. The Hall–Kier alpha value is -1.74. The highest BCUT2D eigenvalue weighted by atomic mass is 32.1. The van der Waals surface area contributed by atoms with Gasteiger partial charge in [-0.3, -0.25) is 0 Å². The van der Waals surface area contributed by atoms with Crippen molar-refractivity contribution in [2.24, 2.45) is 0 Å². The fourth-order valence-corrected chi connectivity index (χ4v) is 3.75. The zero-order valence-electron chi connectivity index (χ0n) is 14.1. The molecule has 23 heavy (non-hydrogen) atoms. The number of nitrogens with zero attached hydrogens (tertiary/aromatic N) is 1. The largest absolute Gasteiger partial charge is 0.245 e. The Morgan fingerprint density at radius 3 is 2.61 bits per heavy atom. The van der Waals surface area contributed by atoms with Crippen molar-refractivity contribution in [3.05, 3.63) is 64.4 Å². The maximum Gasteiger partial charge on any atom is 0.126 e. The molecule has 0 unspecified atom stereocenters. The number of fused-ring (bicyclic) bond motifs is 1. The van der Waals surface area contributed by atoms with Crippen LogP contribution in [0.1, 0.15) is 50.3 Å². The van der Waals surface area contributed by atoms with Crippen LogP contribution in [0.5, 0.6) is 0 Å². The molecule has 0 saturated heterocycles. The second-order valence-electron chi connectivity index (χ2n) is 7.11. The molecule has 0 aliphatic heterocycles. The molecule has 120 valence electrons. The lowest BCUT2D eigenvalue weighted by Gasteiger charge is -2.26. The Balaban J connectivity index is 1.89. The van der Waals surface area contributed by atoms with E-state index < -0.39 is 0 Å². The maximum absolute atomic E-state index is 14.2. The third-order valence-electron chi connectivity index (χ3n) is 4.45. The summed E-state index contributed by atoms with van der Waals surface area (Å²) in [5.74, 6) is 0.122. The van der Waals surface area contributed by atoms with Gasteiger partial charge in [0.15, 0.2) is 0 Å². The summed E-state index contributed by atoms with van der Waals surface area (Å²) in [5.41, 5.74) is 5.97. The summed E-state index contributed by atoms with van der Waals surface area (Å²) in [6, 6.07) is 12.1. The second kappa shape index (κ2) is 6.04. The lowest BCUT2D eigenvalue weighted by atomic mass is 9.79. The van der Waals surface area contributed by atoms with E-state index in [1.54, 1.807) is 17.4 Å². The molecular formula is C20H22FNS. The molecule has 0 aliphatic carbocycles. The average Bonchev–Trinajstić information content (AvgIpc) is 2.93. The Morgan fingerprint density at radius 1 is 1.13 bits per heavy atom. The summed E-state index contributed by atoms with van der Waals surface area (Å²) >= 11 is 1.66. The van der Waals surface area contributed by atoms with E-state index in [1.807, 2.05) is 25.4 Å². The second-order valence-corrected chi connectivity index (χ2v) is 7.99. The molecule has 1 nitrogen and oxygen atoms in total. The van der Waals surface area contributed by atoms with Gasteiger partial charge in [-0.2, -0.15) is 0 Å². The number of halogens is 1. The van der Waals surface area contributed by atoms with Crippen LogP contribution in [-0.2, 0) is 11.8 Å². The van der Waals surface area contributed by atoms with Crippen LogP contribution in [-0.4, -0.2) is 4.98 Å². The van der Waals surface area contributed by atoms with Crippen LogP contribution in [0.3, 0.4) is 0 Å². The Morgan fingerprint density at radius 2 is 1.91 bits per heavy atom. The van der Waals surface area contributed by atoms with Crippen LogP contribution in [0.25, 0.3) is 10.2 Å². The highest BCUT2D eigenvalue weighted by Crippen LogP contribution is 2.32. The lowest BCUT2D eigenvalue weighted by molar-refractivity contribution is 0.519. The lowest BCUT2D eigenvalue weighted by Crippen LogP contribution is -2.20. The average molecular weight is 327 g/mol. The van der Waals surface area contributed by atoms with Gasteiger partial charge in [-0.05, 0) is 52.6 Å². The Kier molecular flexibility index (Phi) is 4.24. The monoisotopic (exact) mass is 327 g/mol.